The third-order valence-corrected chi connectivity index (χ3v) is 4.09. The molecule has 1 rings (SSSR count). The number of hydrogen-bond donors (Lipinski definition) is 2. The Balaban J connectivity index is 2.68. The van der Waals surface area contributed by atoms with E-state index >= 15 is 0 Å². The number of carbonyl (C=O) groups excluding carboxylic acids is 1. The molecule has 0 saturated carbocycles. The van der Waals surface area contributed by atoms with Crippen LogP contribution in [-0.4, -0.2) is 66.6 Å². The molecule has 1 aliphatic heterocycles. The zero-order valence-corrected chi connectivity index (χ0v) is 12.4. The summed E-state index contributed by atoms with van der Waals surface area (Å²) in [6.07, 6.45) is 0. The van der Waals surface area contributed by atoms with Gasteiger partial charge in [0, 0.05) is 31.7 Å². The van der Waals surface area contributed by atoms with Crippen molar-refractivity contribution in [1.29, 1.82) is 0 Å². The van der Waals surface area contributed by atoms with Crippen molar-refractivity contribution in [2.75, 3.05) is 33.2 Å². The fourth-order valence-electron chi connectivity index (χ4n) is 2.70. The highest BCUT2D eigenvalue weighted by Gasteiger charge is 2.35. The first kappa shape index (κ1) is 15.4. The molecule has 18 heavy (non-hydrogen) atoms. The van der Waals surface area contributed by atoms with Gasteiger partial charge in [-0.3, -0.25) is 14.6 Å². The third kappa shape index (κ3) is 3.43. The van der Waals surface area contributed by atoms with E-state index in [1.54, 1.807) is 0 Å². The molecule has 0 radical (unpaired) electrons. The van der Waals surface area contributed by atoms with Crippen LogP contribution in [0.5, 0.6) is 0 Å². The van der Waals surface area contributed by atoms with Crippen molar-refractivity contribution in [3.63, 3.8) is 0 Å². The van der Waals surface area contributed by atoms with E-state index in [1.165, 1.54) is 0 Å². The van der Waals surface area contributed by atoms with Gasteiger partial charge in [-0.05, 0) is 34.4 Å². The van der Waals surface area contributed by atoms with Gasteiger partial charge in [0.2, 0.25) is 5.91 Å². The van der Waals surface area contributed by atoms with Crippen LogP contribution in [-0.2, 0) is 4.79 Å². The highest BCUT2D eigenvalue weighted by atomic mass is 16.1. The van der Waals surface area contributed by atoms with Crippen LogP contribution in [0.4, 0.5) is 0 Å². The average molecular weight is 256 g/mol. The number of amides is 1. The van der Waals surface area contributed by atoms with Crippen molar-refractivity contribution in [3.05, 3.63) is 0 Å². The molecule has 1 aliphatic rings. The van der Waals surface area contributed by atoms with E-state index in [4.69, 9.17) is 5.73 Å². The van der Waals surface area contributed by atoms with E-state index in [2.05, 4.69) is 36.0 Å². The summed E-state index contributed by atoms with van der Waals surface area (Å²) in [4.78, 5) is 16.4. The summed E-state index contributed by atoms with van der Waals surface area (Å²) in [5, 5.41) is 3.22. The van der Waals surface area contributed by atoms with Gasteiger partial charge in [0.05, 0.1) is 0 Å². The lowest BCUT2D eigenvalue weighted by Gasteiger charge is -2.45. The maximum absolute atomic E-state index is 11.6. The fraction of sp³-hybridized carbons (Fsp3) is 0.923. The Hall–Kier alpha value is -0.650. The Bertz CT molecular complexity index is 285. The SMILES string of the molecule is CCNC(C)(CN1CC(C)N(C)C(C)C1)C(N)=O. The topological polar surface area (TPSA) is 61.6 Å². The van der Waals surface area contributed by atoms with Crippen LogP contribution in [0.3, 0.4) is 0 Å². The number of carbonyl (C=O) groups is 1. The molecule has 1 heterocycles. The third-order valence-electron chi connectivity index (χ3n) is 4.09. The molecule has 5 heteroatoms. The molecule has 1 saturated heterocycles. The Morgan fingerprint density at radius 2 is 1.89 bits per heavy atom. The van der Waals surface area contributed by atoms with Crippen molar-refractivity contribution in [2.24, 2.45) is 5.73 Å². The van der Waals surface area contributed by atoms with Gasteiger partial charge in [0.15, 0.2) is 0 Å². The number of nitrogens with two attached hydrogens (primary N) is 1. The molecule has 0 aromatic carbocycles. The van der Waals surface area contributed by atoms with Crippen molar-refractivity contribution < 1.29 is 4.79 Å². The maximum atomic E-state index is 11.6. The fourth-order valence-corrected chi connectivity index (χ4v) is 2.70. The number of piperazine rings is 1. The Kier molecular flexibility index (Phi) is 5.13. The molecule has 1 fully saturated rings. The highest BCUT2D eigenvalue weighted by Crippen LogP contribution is 2.16. The number of likely N-dealkylation sites (N-methyl/N-ethyl adjacent to an activating group) is 2. The molecule has 0 aliphatic carbocycles. The second-order valence-electron chi connectivity index (χ2n) is 5.78. The minimum Gasteiger partial charge on any atom is -0.368 e. The molecule has 0 aromatic rings. The first-order valence-corrected chi connectivity index (χ1v) is 6.79. The molecule has 106 valence electrons. The smallest absolute Gasteiger partial charge is 0.238 e. The summed E-state index contributed by atoms with van der Waals surface area (Å²) in [7, 11) is 2.16. The van der Waals surface area contributed by atoms with Crippen molar-refractivity contribution in [1.82, 2.24) is 15.1 Å². The van der Waals surface area contributed by atoms with Crippen LogP contribution in [0.15, 0.2) is 0 Å². The lowest BCUT2D eigenvalue weighted by Crippen LogP contribution is -2.63. The largest absolute Gasteiger partial charge is 0.368 e. The lowest BCUT2D eigenvalue weighted by atomic mass is 9.98. The summed E-state index contributed by atoms with van der Waals surface area (Å²) in [6.45, 7) is 11.7. The number of rotatable bonds is 5. The monoisotopic (exact) mass is 256 g/mol. The van der Waals surface area contributed by atoms with Crippen LogP contribution >= 0.6 is 0 Å². The van der Waals surface area contributed by atoms with Gasteiger partial charge in [-0.1, -0.05) is 6.92 Å². The second kappa shape index (κ2) is 5.99. The Morgan fingerprint density at radius 1 is 1.39 bits per heavy atom. The second-order valence-corrected chi connectivity index (χ2v) is 5.78. The molecule has 3 N–H and O–H groups in total. The number of nitrogens with one attached hydrogen (secondary N) is 1. The van der Waals surface area contributed by atoms with E-state index in [-0.39, 0.29) is 5.91 Å². The van der Waals surface area contributed by atoms with Gasteiger partial charge in [-0.15, -0.1) is 0 Å². The minimum atomic E-state index is -0.635. The summed E-state index contributed by atoms with van der Waals surface area (Å²) in [6, 6.07) is 1.01. The molecule has 3 unspecified atom stereocenters. The summed E-state index contributed by atoms with van der Waals surface area (Å²) in [5.41, 5.74) is 4.90. The first-order valence-electron chi connectivity index (χ1n) is 6.79. The van der Waals surface area contributed by atoms with Crippen molar-refractivity contribution in [2.45, 2.75) is 45.3 Å². The van der Waals surface area contributed by atoms with Gasteiger partial charge >= 0.3 is 0 Å². The maximum Gasteiger partial charge on any atom is 0.238 e. The highest BCUT2D eigenvalue weighted by molar-refractivity contribution is 5.84. The van der Waals surface area contributed by atoms with Crippen LogP contribution in [0.2, 0.25) is 0 Å². The van der Waals surface area contributed by atoms with Gasteiger partial charge in [-0.2, -0.15) is 0 Å². The van der Waals surface area contributed by atoms with Crippen LogP contribution in [0, 0.1) is 0 Å². The van der Waals surface area contributed by atoms with Gasteiger partial charge in [0.25, 0.3) is 0 Å². The van der Waals surface area contributed by atoms with Crippen molar-refractivity contribution in [3.8, 4) is 0 Å². The molecular weight excluding hydrogens is 228 g/mol. The predicted octanol–water partition coefficient (Wildman–Crippen LogP) is -0.136. The standard InChI is InChI=1S/C13H28N4O/c1-6-15-13(4,12(14)18)9-17-7-10(2)16(5)11(3)8-17/h10-11,15H,6-9H2,1-5H3,(H2,14,18). The van der Waals surface area contributed by atoms with E-state index in [9.17, 15) is 4.79 Å². The number of nitrogens with zero attached hydrogens (tertiary/aromatic N) is 2. The van der Waals surface area contributed by atoms with Crippen LogP contribution in [0.25, 0.3) is 0 Å². The average Bonchev–Trinajstić information content (AvgIpc) is 2.25. The first-order chi connectivity index (χ1) is 8.30. The molecule has 5 nitrogen and oxygen atoms in total. The normalized spacial score (nSPS) is 30.1. The van der Waals surface area contributed by atoms with Crippen LogP contribution in [0.1, 0.15) is 27.7 Å². The number of primary amides is 1. The lowest BCUT2D eigenvalue weighted by molar-refractivity contribution is -0.125. The van der Waals surface area contributed by atoms with E-state index in [0.29, 0.717) is 18.6 Å². The molecular formula is C13H28N4O. The Morgan fingerprint density at radius 3 is 2.28 bits per heavy atom. The minimum absolute atomic E-state index is 0.274. The Labute approximate surface area is 111 Å². The molecule has 0 aromatic heterocycles. The van der Waals surface area contributed by atoms with Gasteiger partial charge in [0.1, 0.15) is 5.54 Å². The quantitative estimate of drug-likeness (QED) is 0.719. The number of hydrogen-bond acceptors (Lipinski definition) is 4. The summed E-state index contributed by atoms with van der Waals surface area (Å²) in [5.74, 6) is -0.274. The predicted molar refractivity (Wildman–Crippen MR) is 74.4 cm³/mol. The van der Waals surface area contributed by atoms with Crippen molar-refractivity contribution >= 4 is 5.91 Å². The van der Waals surface area contributed by atoms with Gasteiger partial charge in [-0.25, -0.2) is 0 Å². The van der Waals surface area contributed by atoms with Gasteiger partial charge < -0.3 is 11.1 Å². The molecule has 0 spiro atoms. The molecule has 1 amide bonds. The molecule has 3 atom stereocenters. The summed E-state index contributed by atoms with van der Waals surface area (Å²) >= 11 is 0. The van der Waals surface area contributed by atoms with E-state index in [1.807, 2.05) is 13.8 Å². The van der Waals surface area contributed by atoms with E-state index in [0.717, 1.165) is 19.6 Å². The van der Waals surface area contributed by atoms with Crippen LogP contribution < -0.4 is 11.1 Å². The van der Waals surface area contributed by atoms with E-state index < -0.39 is 5.54 Å². The molecule has 0 bridgehead atoms. The zero-order valence-electron chi connectivity index (χ0n) is 12.4. The zero-order chi connectivity index (χ0) is 13.9. The summed E-state index contributed by atoms with van der Waals surface area (Å²) < 4.78 is 0.